The summed E-state index contributed by atoms with van der Waals surface area (Å²) in [7, 11) is 0. The number of hydrogen-bond donors (Lipinski definition) is 1. The minimum absolute atomic E-state index is 0.197. The van der Waals surface area contributed by atoms with Crippen molar-refractivity contribution in [2.75, 3.05) is 12.4 Å². The molecular formula is C14H25N3O3S. The predicted octanol–water partition coefficient (Wildman–Crippen LogP) is 2.57. The van der Waals surface area contributed by atoms with Gasteiger partial charge in [0.15, 0.2) is 0 Å². The Hall–Kier alpha value is -1.08. The van der Waals surface area contributed by atoms with Crippen LogP contribution in [0, 0.1) is 6.92 Å². The number of nitrogens with zero attached hydrogens (tertiary/aromatic N) is 2. The van der Waals surface area contributed by atoms with Crippen LogP contribution in [0.1, 0.15) is 46.4 Å². The van der Waals surface area contributed by atoms with E-state index < -0.39 is 5.54 Å². The van der Waals surface area contributed by atoms with Gasteiger partial charge in [0.2, 0.25) is 5.89 Å². The van der Waals surface area contributed by atoms with E-state index in [0.717, 1.165) is 12.2 Å². The third kappa shape index (κ3) is 6.05. The van der Waals surface area contributed by atoms with Crippen LogP contribution >= 0.6 is 11.8 Å². The van der Waals surface area contributed by atoms with Gasteiger partial charge in [-0.1, -0.05) is 11.8 Å². The summed E-state index contributed by atoms with van der Waals surface area (Å²) in [6.07, 6.45) is 1.55. The Morgan fingerprint density at radius 3 is 2.71 bits per heavy atom. The first kappa shape index (κ1) is 18.0. The highest BCUT2D eigenvalue weighted by Crippen LogP contribution is 2.21. The largest absolute Gasteiger partial charge is 0.465 e. The molecule has 0 bridgehead atoms. The Morgan fingerprint density at radius 1 is 1.48 bits per heavy atom. The zero-order valence-corrected chi connectivity index (χ0v) is 14.2. The summed E-state index contributed by atoms with van der Waals surface area (Å²) in [5.74, 6) is 1.18. The molecule has 1 aromatic rings. The van der Waals surface area contributed by atoms with Gasteiger partial charge < -0.3 is 9.15 Å². The highest BCUT2D eigenvalue weighted by Gasteiger charge is 2.34. The molecule has 0 fully saturated rings. The fourth-order valence-electron chi connectivity index (χ4n) is 2.08. The number of thioether (sulfide) groups is 1. The van der Waals surface area contributed by atoms with E-state index in [4.69, 9.17) is 9.15 Å². The van der Waals surface area contributed by atoms with E-state index in [1.54, 1.807) is 6.92 Å². The highest BCUT2D eigenvalue weighted by molar-refractivity contribution is 7.99. The maximum atomic E-state index is 12.1. The van der Waals surface area contributed by atoms with E-state index in [1.165, 1.54) is 11.8 Å². The van der Waals surface area contributed by atoms with E-state index in [2.05, 4.69) is 15.5 Å². The van der Waals surface area contributed by atoms with Crippen LogP contribution in [-0.2, 0) is 9.53 Å². The standard InChI is InChI=1S/C14H25N3O3S/c1-6-19-12(18)14(5,15-10(2)3)8-7-9-21-13-17-16-11(4)20-13/h10,15H,6-9H2,1-5H3. The van der Waals surface area contributed by atoms with Crippen molar-refractivity contribution >= 4 is 17.7 Å². The summed E-state index contributed by atoms with van der Waals surface area (Å²) < 4.78 is 10.5. The monoisotopic (exact) mass is 315 g/mol. The van der Waals surface area contributed by atoms with Crippen molar-refractivity contribution in [3.8, 4) is 0 Å². The van der Waals surface area contributed by atoms with E-state index in [9.17, 15) is 4.79 Å². The minimum Gasteiger partial charge on any atom is -0.465 e. The van der Waals surface area contributed by atoms with E-state index in [0.29, 0.717) is 24.1 Å². The van der Waals surface area contributed by atoms with E-state index in [1.807, 2.05) is 27.7 Å². The summed E-state index contributed by atoms with van der Waals surface area (Å²) in [4.78, 5) is 12.1. The first-order valence-corrected chi connectivity index (χ1v) is 8.23. The number of ether oxygens (including phenoxy) is 1. The topological polar surface area (TPSA) is 77.2 Å². The molecule has 21 heavy (non-hydrogen) atoms. The average Bonchev–Trinajstić information content (AvgIpc) is 2.80. The first-order valence-electron chi connectivity index (χ1n) is 7.25. The van der Waals surface area contributed by atoms with Gasteiger partial charge >= 0.3 is 5.97 Å². The number of aryl methyl sites for hydroxylation is 1. The Labute approximate surface area is 130 Å². The summed E-state index contributed by atoms with van der Waals surface area (Å²) in [5.41, 5.74) is -0.657. The number of esters is 1. The molecule has 0 spiro atoms. The lowest BCUT2D eigenvalue weighted by molar-refractivity contribution is -0.151. The molecule has 0 radical (unpaired) electrons. The van der Waals surface area contributed by atoms with Crippen LogP contribution in [0.5, 0.6) is 0 Å². The van der Waals surface area contributed by atoms with Crippen molar-refractivity contribution in [1.82, 2.24) is 15.5 Å². The molecule has 0 saturated heterocycles. The third-order valence-corrected chi connectivity index (χ3v) is 3.79. The second-order valence-corrected chi connectivity index (χ2v) is 6.44. The number of hydrogen-bond acceptors (Lipinski definition) is 7. The van der Waals surface area contributed by atoms with Gasteiger partial charge in [-0.15, -0.1) is 10.2 Å². The van der Waals surface area contributed by atoms with Gasteiger partial charge in [-0.3, -0.25) is 10.1 Å². The van der Waals surface area contributed by atoms with Crippen LogP contribution in [0.15, 0.2) is 9.64 Å². The van der Waals surface area contributed by atoms with Crippen LogP contribution in [0.4, 0.5) is 0 Å². The number of carbonyl (C=O) groups excluding carboxylic acids is 1. The summed E-state index contributed by atoms with van der Waals surface area (Å²) in [6, 6.07) is 0.214. The van der Waals surface area contributed by atoms with Gasteiger partial charge in [0.25, 0.3) is 5.22 Å². The Kier molecular flexibility index (Phi) is 7.17. The molecule has 0 amide bonds. The lowest BCUT2D eigenvalue weighted by Crippen LogP contribution is -2.53. The minimum atomic E-state index is -0.657. The average molecular weight is 315 g/mol. The van der Waals surface area contributed by atoms with E-state index >= 15 is 0 Å². The molecule has 0 aliphatic heterocycles. The fraction of sp³-hybridized carbons (Fsp3) is 0.786. The lowest BCUT2D eigenvalue weighted by atomic mass is 9.95. The molecular weight excluding hydrogens is 290 g/mol. The molecule has 1 unspecified atom stereocenters. The molecule has 7 heteroatoms. The predicted molar refractivity (Wildman–Crippen MR) is 82.3 cm³/mol. The van der Waals surface area contributed by atoms with Crippen LogP contribution < -0.4 is 5.32 Å². The molecule has 1 atom stereocenters. The Morgan fingerprint density at radius 2 is 2.19 bits per heavy atom. The van der Waals surface area contributed by atoms with Crippen molar-refractivity contribution in [1.29, 1.82) is 0 Å². The van der Waals surface area contributed by atoms with Gasteiger partial charge in [-0.25, -0.2) is 0 Å². The van der Waals surface area contributed by atoms with E-state index in [-0.39, 0.29) is 12.0 Å². The molecule has 6 nitrogen and oxygen atoms in total. The maximum Gasteiger partial charge on any atom is 0.326 e. The van der Waals surface area contributed by atoms with Gasteiger partial charge in [-0.2, -0.15) is 0 Å². The fourth-order valence-corrected chi connectivity index (χ4v) is 2.82. The van der Waals surface area contributed by atoms with Crippen molar-refractivity contribution in [3.05, 3.63) is 5.89 Å². The normalized spacial score (nSPS) is 14.2. The maximum absolute atomic E-state index is 12.1. The second-order valence-electron chi connectivity index (χ2n) is 5.39. The SMILES string of the molecule is CCOC(=O)C(C)(CCCSc1nnc(C)o1)NC(C)C. The van der Waals surface area contributed by atoms with Crippen molar-refractivity contribution in [3.63, 3.8) is 0 Å². The first-order chi connectivity index (χ1) is 9.87. The van der Waals surface area contributed by atoms with Crippen LogP contribution in [0.3, 0.4) is 0 Å². The Balaban J connectivity index is 2.47. The lowest BCUT2D eigenvalue weighted by Gasteiger charge is -2.30. The van der Waals surface area contributed by atoms with Crippen molar-refractivity contribution in [2.45, 2.75) is 64.3 Å². The van der Waals surface area contributed by atoms with Crippen molar-refractivity contribution in [2.24, 2.45) is 0 Å². The van der Waals surface area contributed by atoms with Crippen LogP contribution in [0.2, 0.25) is 0 Å². The Bertz CT molecular complexity index is 450. The zero-order valence-electron chi connectivity index (χ0n) is 13.4. The molecule has 0 saturated carbocycles. The van der Waals surface area contributed by atoms with Crippen molar-refractivity contribution < 1.29 is 13.9 Å². The second kappa shape index (κ2) is 8.38. The van der Waals surface area contributed by atoms with Crippen LogP contribution in [0.25, 0.3) is 0 Å². The van der Waals surface area contributed by atoms with Gasteiger partial charge in [0.1, 0.15) is 5.54 Å². The van der Waals surface area contributed by atoms with Crippen LogP contribution in [-0.4, -0.2) is 40.1 Å². The molecule has 1 N–H and O–H groups in total. The summed E-state index contributed by atoms with van der Waals surface area (Å²) >= 11 is 1.51. The molecule has 0 aromatic carbocycles. The number of nitrogens with one attached hydrogen (secondary N) is 1. The number of aromatic nitrogens is 2. The quantitative estimate of drug-likeness (QED) is 0.426. The summed E-state index contributed by atoms with van der Waals surface area (Å²) in [5, 5.41) is 11.6. The zero-order chi connectivity index (χ0) is 15.9. The molecule has 120 valence electrons. The van der Waals surface area contributed by atoms with Gasteiger partial charge in [0, 0.05) is 18.7 Å². The molecule has 0 aliphatic rings. The summed E-state index contributed by atoms with van der Waals surface area (Å²) in [6.45, 7) is 9.92. The van der Waals surface area contributed by atoms with Gasteiger partial charge in [-0.05, 0) is 40.5 Å². The number of rotatable bonds is 9. The smallest absolute Gasteiger partial charge is 0.326 e. The molecule has 1 rings (SSSR count). The van der Waals surface area contributed by atoms with Gasteiger partial charge in [0.05, 0.1) is 6.61 Å². The highest BCUT2D eigenvalue weighted by atomic mass is 32.2. The molecule has 1 aromatic heterocycles. The molecule has 1 heterocycles. The third-order valence-electron chi connectivity index (χ3n) is 2.89. The number of carbonyl (C=O) groups is 1. The molecule has 0 aliphatic carbocycles.